The van der Waals surface area contributed by atoms with Gasteiger partial charge in [0, 0.05) is 17.3 Å². The molecule has 1 N–H and O–H groups in total. The van der Waals surface area contributed by atoms with Crippen molar-refractivity contribution in [2.75, 3.05) is 12.4 Å². The molecule has 26 heavy (non-hydrogen) atoms. The minimum Gasteiger partial charge on any atom is -0.494 e. The van der Waals surface area contributed by atoms with Crippen LogP contribution in [-0.2, 0) is 0 Å². The summed E-state index contributed by atoms with van der Waals surface area (Å²) in [5, 5.41) is 7.18. The molecule has 0 atom stereocenters. The van der Waals surface area contributed by atoms with E-state index in [4.69, 9.17) is 32.5 Å². The summed E-state index contributed by atoms with van der Waals surface area (Å²) in [7, 11) is 1.36. The fraction of sp³-hybridized carbons (Fsp3) is 0.111. The topological polar surface area (TPSA) is 64.4 Å². The van der Waals surface area contributed by atoms with Gasteiger partial charge in [-0.2, -0.15) is 0 Å². The number of hydrogen-bond acceptors (Lipinski definition) is 4. The number of benzene rings is 2. The summed E-state index contributed by atoms with van der Waals surface area (Å²) in [6.45, 7) is 1.59. The third kappa shape index (κ3) is 3.38. The number of aryl methyl sites for hydroxylation is 1. The fourth-order valence-corrected chi connectivity index (χ4v) is 3.05. The average molecular weight is 395 g/mol. The molecule has 1 heterocycles. The number of halogens is 3. The van der Waals surface area contributed by atoms with Crippen molar-refractivity contribution in [2.24, 2.45) is 0 Å². The van der Waals surface area contributed by atoms with Crippen LogP contribution in [0.4, 0.5) is 10.1 Å². The number of ether oxygens (including phenoxy) is 1. The maximum Gasteiger partial charge on any atom is 0.261 e. The van der Waals surface area contributed by atoms with Crippen molar-refractivity contribution in [1.82, 2.24) is 5.16 Å². The Kier molecular flexibility index (Phi) is 5.15. The summed E-state index contributed by atoms with van der Waals surface area (Å²) >= 11 is 12.4. The van der Waals surface area contributed by atoms with Gasteiger partial charge >= 0.3 is 0 Å². The van der Waals surface area contributed by atoms with E-state index < -0.39 is 11.7 Å². The van der Waals surface area contributed by atoms with Crippen LogP contribution in [0.3, 0.4) is 0 Å². The normalized spacial score (nSPS) is 10.7. The van der Waals surface area contributed by atoms with Gasteiger partial charge in [0.1, 0.15) is 17.0 Å². The van der Waals surface area contributed by atoms with Gasteiger partial charge in [-0.05, 0) is 31.2 Å². The molecule has 3 rings (SSSR count). The van der Waals surface area contributed by atoms with Gasteiger partial charge in [0.15, 0.2) is 11.6 Å². The zero-order valence-corrected chi connectivity index (χ0v) is 15.3. The summed E-state index contributed by atoms with van der Waals surface area (Å²) in [6.07, 6.45) is 0. The Morgan fingerprint density at radius 2 is 1.92 bits per heavy atom. The predicted octanol–water partition coefficient (Wildman–Crippen LogP) is 5.36. The van der Waals surface area contributed by atoms with E-state index in [0.29, 0.717) is 15.6 Å². The van der Waals surface area contributed by atoms with Crippen LogP contribution in [0.5, 0.6) is 5.75 Å². The van der Waals surface area contributed by atoms with Crippen LogP contribution in [0.1, 0.15) is 16.1 Å². The number of nitrogens with one attached hydrogen (secondary N) is 1. The van der Waals surface area contributed by atoms with Gasteiger partial charge in [0.25, 0.3) is 5.91 Å². The summed E-state index contributed by atoms with van der Waals surface area (Å²) in [4.78, 5) is 12.7. The van der Waals surface area contributed by atoms with E-state index in [9.17, 15) is 9.18 Å². The standard InChI is InChI=1S/C18H13Cl2FN2O3/c1-9-15(17(23-26-9)16-11(19)4-3-5-12(16)20)18(24)22-10-6-7-14(25-2)13(21)8-10/h3-8H,1-2H3,(H,22,24). The molecule has 8 heteroatoms. The lowest BCUT2D eigenvalue weighted by Crippen LogP contribution is -2.14. The molecule has 0 spiro atoms. The third-order valence-electron chi connectivity index (χ3n) is 3.70. The van der Waals surface area contributed by atoms with Crippen LogP contribution >= 0.6 is 23.2 Å². The van der Waals surface area contributed by atoms with Crippen molar-refractivity contribution < 1.29 is 18.4 Å². The number of anilines is 1. The molecule has 1 amide bonds. The highest BCUT2D eigenvalue weighted by Gasteiger charge is 2.25. The Morgan fingerprint density at radius 3 is 2.54 bits per heavy atom. The Bertz CT molecular complexity index is 968. The Morgan fingerprint density at radius 1 is 1.23 bits per heavy atom. The van der Waals surface area contributed by atoms with E-state index in [1.807, 2.05) is 0 Å². The molecular weight excluding hydrogens is 382 g/mol. The Labute approximate surface area is 158 Å². The van der Waals surface area contributed by atoms with Gasteiger partial charge in [-0.1, -0.05) is 34.4 Å². The number of aromatic nitrogens is 1. The molecule has 0 aliphatic rings. The van der Waals surface area contributed by atoms with Gasteiger partial charge in [0.2, 0.25) is 0 Å². The van der Waals surface area contributed by atoms with Crippen molar-refractivity contribution in [3.8, 4) is 17.0 Å². The number of carbonyl (C=O) groups is 1. The zero-order chi connectivity index (χ0) is 18.8. The molecule has 0 fully saturated rings. The Balaban J connectivity index is 1.99. The second-order valence-corrected chi connectivity index (χ2v) is 6.18. The molecule has 5 nitrogen and oxygen atoms in total. The summed E-state index contributed by atoms with van der Waals surface area (Å²) < 4.78 is 23.8. The molecule has 0 unspecified atom stereocenters. The number of amides is 1. The summed E-state index contributed by atoms with van der Waals surface area (Å²) in [6, 6.07) is 9.03. The third-order valence-corrected chi connectivity index (χ3v) is 4.33. The maximum atomic E-state index is 13.8. The van der Waals surface area contributed by atoms with Crippen LogP contribution < -0.4 is 10.1 Å². The van der Waals surface area contributed by atoms with Gasteiger partial charge in [0.05, 0.1) is 17.2 Å². The van der Waals surface area contributed by atoms with E-state index >= 15 is 0 Å². The van der Waals surface area contributed by atoms with Crippen LogP contribution in [-0.4, -0.2) is 18.2 Å². The first-order valence-electron chi connectivity index (χ1n) is 7.48. The summed E-state index contributed by atoms with van der Waals surface area (Å²) in [5.41, 5.74) is 1.02. The lowest BCUT2D eigenvalue weighted by atomic mass is 10.1. The molecular formula is C18H13Cl2FN2O3. The predicted molar refractivity (Wildman–Crippen MR) is 97.6 cm³/mol. The SMILES string of the molecule is COc1ccc(NC(=O)c2c(-c3c(Cl)cccc3Cl)noc2C)cc1F. The maximum absolute atomic E-state index is 13.8. The molecule has 134 valence electrons. The van der Waals surface area contributed by atoms with Crippen LogP contribution in [0.2, 0.25) is 10.0 Å². The number of hydrogen-bond donors (Lipinski definition) is 1. The Hall–Kier alpha value is -2.57. The van der Waals surface area contributed by atoms with Gasteiger partial charge < -0.3 is 14.6 Å². The monoisotopic (exact) mass is 394 g/mol. The highest BCUT2D eigenvalue weighted by molar-refractivity contribution is 6.39. The minimum absolute atomic E-state index is 0.0766. The van der Waals surface area contributed by atoms with E-state index in [1.165, 1.54) is 19.2 Å². The lowest BCUT2D eigenvalue weighted by Gasteiger charge is -2.09. The van der Waals surface area contributed by atoms with Crippen LogP contribution in [0, 0.1) is 12.7 Å². The van der Waals surface area contributed by atoms with Gasteiger partial charge in [-0.25, -0.2) is 4.39 Å². The van der Waals surface area contributed by atoms with Crippen molar-refractivity contribution in [3.63, 3.8) is 0 Å². The highest BCUT2D eigenvalue weighted by Crippen LogP contribution is 2.37. The molecule has 0 bridgehead atoms. The van der Waals surface area contributed by atoms with E-state index in [2.05, 4.69) is 10.5 Å². The number of carbonyl (C=O) groups excluding carboxylic acids is 1. The molecule has 0 aliphatic heterocycles. The fourth-order valence-electron chi connectivity index (χ4n) is 2.47. The van der Waals surface area contributed by atoms with E-state index in [0.717, 1.165) is 6.07 Å². The molecule has 0 saturated carbocycles. The van der Waals surface area contributed by atoms with Crippen LogP contribution in [0.15, 0.2) is 40.9 Å². The number of rotatable bonds is 4. The van der Waals surface area contributed by atoms with Gasteiger partial charge in [-0.3, -0.25) is 4.79 Å². The van der Waals surface area contributed by atoms with Crippen molar-refractivity contribution >= 4 is 34.8 Å². The highest BCUT2D eigenvalue weighted by atomic mass is 35.5. The summed E-state index contributed by atoms with van der Waals surface area (Å²) in [5.74, 6) is -0.767. The minimum atomic E-state index is -0.596. The molecule has 0 saturated heterocycles. The van der Waals surface area contributed by atoms with E-state index in [1.54, 1.807) is 25.1 Å². The first-order chi connectivity index (χ1) is 12.4. The molecule has 1 aromatic heterocycles. The van der Waals surface area contributed by atoms with Crippen LogP contribution in [0.25, 0.3) is 11.3 Å². The zero-order valence-electron chi connectivity index (χ0n) is 13.8. The van der Waals surface area contributed by atoms with Crippen molar-refractivity contribution in [2.45, 2.75) is 6.92 Å². The number of methoxy groups -OCH3 is 1. The lowest BCUT2D eigenvalue weighted by molar-refractivity contribution is 0.102. The van der Waals surface area contributed by atoms with Gasteiger partial charge in [-0.15, -0.1) is 0 Å². The molecule has 0 aliphatic carbocycles. The quantitative estimate of drug-likeness (QED) is 0.646. The molecule has 0 radical (unpaired) electrons. The molecule has 2 aromatic carbocycles. The second-order valence-electron chi connectivity index (χ2n) is 5.36. The van der Waals surface area contributed by atoms with Crippen molar-refractivity contribution in [1.29, 1.82) is 0 Å². The van der Waals surface area contributed by atoms with Crippen molar-refractivity contribution in [3.05, 3.63) is 63.6 Å². The first kappa shape index (κ1) is 18.2. The smallest absolute Gasteiger partial charge is 0.261 e. The average Bonchev–Trinajstić information content (AvgIpc) is 2.96. The largest absolute Gasteiger partial charge is 0.494 e. The number of nitrogens with zero attached hydrogens (tertiary/aromatic N) is 1. The molecule has 3 aromatic rings. The second kappa shape index (κ2) is 7.35. The van der Waals surface area contributed by atoms with E-state index in [-0.39, 0.29) is 28.5 Å². The first-order valence-corrected chi connectivity index (χ1v) is 8.23.